The Morgan fingerprint density at radius 1 is 1.05 bits per heavy atom. The van der Waals surface area contributed by atoms with Gasteiger partial charge in [0.2, 0.25) is 11.8 Å². The molecule has 5 fully saturated rings. The molecule has 16 nitrogen and oxygen atoms in total. The molecular weight excluding hydrogens is 862 g/mol. The van der Waals surface area contributed by atoms with Crippen molar-refractivity contribution in [2.45, 2.75) is 115 Å². The molecule has 2 aliphatic heterocycles. The highest BCUT2D eigenvalue weighted by atomic mass is 35.5. The van der Waals surface area contributed by atoms with Crippen molar-refractivity contribution >= 4 is 62.8 Å². The second kappa shape index (κ2) is 18.3. The van der Waals surface area contributed by atoms with E-state index in [9.17, 15) is 24.3 Å². The highest BCUT2D eigenvalue weighted by Crippen LogP contribution is 2.52. The number of ether oxygens (including phenoxy) is 4. The summed E-state index contributed by atoms with van der Waals surface area (Å²) in [7, 11) is 1.73. The van der Waals surface area contributed by atoms with Gasteiger partial charge in [-0.3, -0.25) is 14.5 Å². The predicted octanol–water partition coefficient (Wildman–Crippen LogP) is 6.36. The molecule has 9 atom stereocenters. The van der Waals surface area contributed by atoms with Gasteiger partial charge in [-0.1, -0.05) is 38.4 Å². The fraction of sp³-hybridized carbons (Fsp3) is 0.609. The van der Waals surface area contributed by atoms with E-state index in [0.29, 0.717) is 63.9 Å². The van der Waals surface area contributed by atoms with Gasteiger partial charge in [0, 0.05) is 62.0 Å². The van der Waals surface area contributed by atoms with Crippen LogP contribution in [0.25, 0.3) is 22.3 Å². The number of methoxy groups -OCH3 is 1. The summed E-state index contributed by atoms with van der Waals surface area (Å²) in [5.74, 6) is -0.789. The van der Waals surface area contributed by atoms with Crippen molar-refractivity contribution in [3.05, 3.63) is 41.3 Å². The molecule has 3 amide bonds. The van der Waals surface area contributed by atoms with Gasteiger partial charge in [0.05, 0.1) is 23.9 Å². The first-order valence-corrected chi connectivity index (χ1v) is 23.6. The molecule has 0 spiro atoms. The van der Waals surface area contributed by atoms with Gasteiger partial charge in [-0.2, -0.15) is 0 Å². The van der Waals surface area contributed by atoms with E-state index in [0.717, 1.165) is 32.4 Å². The number of carbonyl (C=O) groups is 4. The van der Waals surface area contributed by atoms with Crippen LogP contribution in [0.1, 0.15) is 73.1 Å². The standard InChI is InChI=1S/C46H60ClN7O9S/c1-8-27-20-46(27,42(57)58)52-40(55)34-18-30(22-54(34)41(56)39(45(4,5)6)51-44(59)63-29-16-25-15-26(25)17-29)62-36-19-32(33-23-64-43(50-33)48-24(2)3)49-38-31(36)9-10-35(37(38)47)61-14-13-53-12-11-28(21-53)60-7/h8-10,19,23-30,34,39H,1,11-18,20-22H2,2-7H3,(H,48,50)(H,51,59)(H,52,55)(H,57,58)/t25-,26+,27-,28-,29?,30-,34+,39-,46?/m1/s1. The van der Waals surface area contributed by atoms with Gasteiger partial charge >= 0.3 is 12.1 Å². The molecule has 18 heteroatoms. The van der Waals surface area contributed by atoms with Gasteiger partial charge in [0.25, 0.3) is 0 Å². The van der Waals surface area contributed by atoms with Crippen LogP contribution >= 0.6 is 22.9 Å². The maximum atomic E-state index is 14.8. The maximum Gasteiger partial charge on any atom is 0.408 e. The molecule has 2 aromatic heterocycles. The zero-order valence-electron chi connectivity index (χ0n) is 37.4. The summed E-state index contributed by atoms with van der Waals surface area (Å²) in [5.41, 5.74) is -0.845. The monoisotopic (exact) mass is 921 g/mol. The van der Waals surface area contributed by atoms with E-state index in [1.54, 1.807) is 19.2 Å². The van der Waals surface area contributed by atoms with Crippen LogP contribution in [-0.4, -0.2) is 131 Å². The van der Waals surface area contributed by atoms with Crippen molar-refractivity contribution in [3.63, 3.8) is 0 Å². The van der Waals surface area contributed by atoms with Crippen molar-refractivity contribution in [2.75, 3.05) is 45.2 Å². The number of amides is 3. The minimum atomic E-state index is -1.54. The quantitative estimate of drug-likeness (QED) is 0.109. The number of rotatable bonds is 17. The van der Waals surface area contributed by atoms with E-state index in [2.05, 4.69) is 27.4 Å². The number of aliphatic carboxylic acids is 1. The SMILES string of the molecule is C=C[C@@H]1CC1(NC(=O)[C@@H]1C[C@@H](Oc2cc(-c3csc(NC(C)C)n3)nc3c(Cl)c(OCCN4CC[C@@H](OC)C4)ccc23)CN1C(=O)[C@@H](NC(=O)OC1C[C@@H]2C[C@@H]2C1)C(C)(C)C)C(=O)O. The van der Waals surface area contributed by atoms with Gasteiger partial charge in [-0.15, -0.1) is 17.9 Å². The van der Waals surface area contributed by atoms with Crippen LogP contribution in [0.5, 0.6) is 11.5 Å². The number of hydrogen-bond acceptors (Lipinski definition) is 13. The molecule has 64 heavy (non-hydrogen) atoms. The number of alkyl carbamates (subject to hydrolysis) is 1. The molecular formula is C46H60ClN7O9S. The Bertz CT molecular complexity index is 2280. The molecule has 8 rings (SSSR count). The normalized spacial score (nSPS) is 27.8. The van der Waals surface area contributed by atoms with E-state index in [-0.39, 0.29) is 42.7 Å². The first-order valence-electron chi connectivity index (χ1n) is 22.3. The average molecular weight is 923 g/mol. The van der Waals surface area contributed by atoms with Crippen LogP contribution in [-0.2, 0) is 23.9 Å². The van der Waals surface area contributed by atoms with Gasteiger partial charge in [0.15, 0.2) is 5.13 Å². The van der Waals surface area contributed by atoms with Crippen LogP contribution in [0.2, 0.25) is 5.02 Å². The Kier molecular flexibility index (Phi) is 13.1. The number of halogens is 1. The number of carbonyl (C=O) groups excluding carboxylic acids is 3. The van der Waals surface area contributed by atoms with Crippen molar-refractivity contribution in [1.82, 2.24) is 30.4 Å². The Morgan fingerprint density at radius 2 is 1.81 bits per heavy atom. The number of likely N-dealkylation sites (tertiary alicyclic amines) is 2. The molecule has 3 aromatic rings. The summed E-state index contributed by atoms with van der Waals surface area (Å²) >= 11 is 8.56. The Labute approximate surface area is 382 Å². The second-order valence-electron chi connectivity index (χ2n) is 19.4. The molecule has 2 unspecified atom stereocenters. The fourth-order valence-corrected chi connectivity index (χ4v) is 10.6. The molecule has 1 aromatic carbocycles. The van der Waals surface area contributed by atoms with Gasteiger partial charge in [-0.25, -0.2) is 19.6 Å². The third-order valence-electron chi connectivity index (χ3n) is 13.3. The highest BCUT2D eigenvalue weighted by Gasteiger charge is 2.61. The number of thiazole rings is 1. The number of pyridine rings is 1. The van der Waals surface area contributed by atoms with E-state index >= 15 is 0 Å². The predicted molar refractivity (Wildman–Crippen MR) is 243 cm³/mol. The zero-order valence-corrected chi connectivity index (χ0v) is 38.9. The number of nitrogens with zero attached hydrogens (tertiary/aromatic N) is 4. The molecule has 4 heterocycles. The number of hydrogen-bond donors (Lipinski definition) is 4. The topological polar surface area (TPSA) is 194 Å². The Hall–Kier alpha value is -4.71. The minimum Gasteiger partial charge on any atom is -0.491 e. The average Bonchev–Trinajstić information content (AvgIpc) is 3.72. The highest BCUT2D eigenvalue weighted by molar-refractivity contribution is 7.14. The van der Waals surface area contributed by atoms with E-state index in [1.165, 1.54) is 28.7 Å². The second-order valence-corrected chi connectivity index (χ2v) is 20.6. The number of anilines is 1. The Morgan fingerprint density at radius 3 is 2.47 bits per heavy atom. The number of carboxylic acid groups (broad SMARTS) is 1. The zero-order chi connectivity index (χ0) is 45.7. The molecule has 0 bridgehead atoms. The molecule has 4 N–H and O–H groups in total. The molecule has 3 aliphatic carbocycles. The van der Waals surface area contributed by atoms with Gasteiger partial charge < -0.3 is 44.9 Å². The number of fused-ring (bicyclic) bond motifs is 2. The third-order valence-corrected chi connectivity index (χ3v) is 14.4. The summed E-state index contributed by atoms with van der Waals surface area (Å²) in [6.45, 7) is 16.1. The van der Waals surface area contributed by atoms with Crippen LogP contribution in [0, 0.1) is 23.2 Å². The largest absolute Gasteiger partial charge is 0.491 e. The first kappa shape index (κ1) is 45.8. The van der Waals surface area contributed by atoms with Crippen LogP contribution in [0.3, 0.4) is 0 Å². The van der Waals surface area contributed by atoms with Crippen LogP contribution < -0.4 is 25.4 Å². The minimum absolute atomic E-state index is 0.0197. The summed E-state index contributed by atoms with van der Waals surface area (Å²) in [5, 5.41) is 22.6. The van der Waals surface area contributed by atoms with Gasteiger partial charge in [-0.05, 0) is 75.3 Å². The van der Waals surface area contributed by atoms with E-state index in [4.69, 9.17) is 40.5 Å². The summed E-state index contributed by atoms with van der Waals surface area (Å²) in [6, 6.07) is 3.30. The first-order chi connectivity index (χ1) is 30.5. The lowest BCUT2D eigenvalue weighted by atomic mass is 9.85. The van der Waals surface area contributed by atoms with Crippen molar-refractivity contribution in [1.29, 1.82) is 0 Å². The lowest BCUT2D eigenvalue weighted by Gasteiger charge is -2.35. The van der Waals surface area contributed by atoms with Crippen molar-refractivity contribution in [2.24, 2.45) is 23.2 Å². The molecule has 5 aliphatic rings. The third kappa shape index (κ3) is 9.77. The summed E-state index contributed by atoms with van der Waals surface area (Å²) < 4.78 is 24.4. The lowest BCUT2D eigenvalue weighted by molar-refractivity contribution is -0.146. The molecule has 2 saturated heterocycles. The molecule has 346 valence electrons. The summed E-state index contributed by atoms with van der Waals surface area (Å²) in [6.07, 6.45) is 4.02. The van der Waals surface area contributed by atoms with E-state index in [1.807, 2.05) is 46.1 Å². The van der Waals surface area contributed by atoms with Gasteiger partial charge in [0.1, 0.15) is 58.7 Å². The van der Waals surface area contributed by atoms with E-state index < -0.39 is 58.9 Å². The molecule has 0 radical (unpaired) electrons. The number of benzene rings is 1. The summed E-state index contributed by atoms with van der Waals surface area (Å²) in [4.78, 5) is 68.4. The lowest BCUT2D eigenvalue weighted by Crippen LogP contribution is -2.59. The van der Waals surface area contributed by atoms with Crippen molar-refractivity contribution in [3.8, 4) is 22.9 Å². The maximum absolute atomic E-state index is 14.8. The Balaban J connectivity index is 1.09. The number of nitrogens with one attached hydrogen (secondary N) is 3. The smallest absolute Gasteiger partial charge is 0.408 e. The fourth-order valence-electron chi connectivity index (χ4n) is 9.48. The molecule has 3 saturated carbocycles. The number of aromatic nitrogens is 2. The van der Waals surface area contributed by atoms with Crippen LogP contribution in [0.15, 0.2) is 36.2 Å². The number of carboxylic acids is 1. The van der Waals surface area contributed by atoms with Crippen molar-refractivity contribution < 1.29 is 43.2 Å². The van der Waals surface area contributed by atoms with Crippen LogP contribution in [0.4, 0.5) is 9.93 Å².